The molecule has 0 fully saturated rings. The lowest BCUT2D eigenvalue weighted by molar-refractivity contribution is -0.147. The number of aliphatic carboxylic acids is 1. The Bertz CT molecular complexity index is 239. The fourth-order valence-corrected chi connectivity index (χ4v) is 0.722. The lowest BCUT2D eigenvalue weighted by atomic mass is 10.5. The highest BCUT2D eigenvalue weighted by Crippen LogP contribution is 2.01. The number of carboxylic acid groups (broad SMARTS) is 1. The molecule has 2 amide bonds. The van der Waals surface area contributed by atoms with Crippen LogP contribution in [0.25, 0.3) is 0 Å². The van der Waals surface area contributed by atoms with Crippen molar-refractivity contribution < 1.29 is 19.5 Å². The number of carboxylic acids is 1. The van der Waals surface area contributed by atoms with Crippen LogP contribution >= 0.6 is 0 Å². The highest BCUT2D eigenvalue weighted by atomic mass is 16.4. The van der Waals surface area contributed by atoms with Crippen LogP contribution in [-0.2, 0) is 14.4 Å². The third-order valence-corrected chi connectivity index (χ3v) is 1.19. The van der Waals surface area contributed by atoms with Gasteiger partial charge in [-0.2, -0.15) is 0 Å². The largest absolute Gasteiger partial charge is 0.480 e. The first-order valence-corrected chi connectivity index (χ1v) is 2.86. The van der Waals surface area contributed by atoms with Gasteiger partial charge in [-0.25, -0.2) is 0 Å². The Morgan fingerprint density at radius 3 is 1.92 bits per heavy atom. The first-order chi connectivity index (χ1) is 5.11. The molecule has 74 valence electrons. The summed E-state index contributed by atoms with van der Waals surface area (Å²) in [4.78, 5) is 32.1. The lowest BCUT2D eigenvalue weighted by Gasteiger charge is -2.08. The van der Waals surface area contributed by atoms with E-state index < -0.39 is 24.3 Å². The molecule has 0 aliphatic carbocycles. The Morgan fingerprint density at radius 1 is 1.23 bits per heavy atom. The van der Waals surface area contributed by atoms with Gasteiger partial charge in [-0.05, 0) is 0 Å². The van der Waals surface area contributed by atoms with Crippen molar-refractivity contribution in [3.05, 3.63) is 12.2 Å². The molecular weight excluding hydrogens is 174 g/mol. The zero-order valence-corrected chi connectivity index (χ0v) is 5.48. The molecule has 1 aliphatic heterocycles. The summed E-state index contributed by atoms with van der Waals surface area (Å²) < 4.78 is 0. The van der Waals surface area contributed by atoms with Crippen LogP contribution < -0.4 is 0 Å². The van der Waals surface area contributed by atoms with Crippen LogP contribution in [0.15, 0.2) is 12.2 Å². The van der Waals surface area contributed by atoms with Crippen LogP contribution in [0.2, 0.25) is 0 Å². The summed E-state index contributed by atoms with van der Waals surface area (Å²) in [5.41, 5.74) is 0. The monoisotopic (exact) mass is 187 g/mol. The van der Waals surface area contributed by atoms with Gasteiger partial charge in [0.15, 0.2) is 0 Å². The van der Waals surface area contributed by atoms with Crippen LogP contribution in [0, 0.1) is 0 Å². The Balaban J connectivity index is 0. The predicted octanol–water partition coefficient (Wildman–Crippen LogP) is 0.268. The Labute approximate surface area is 76.6 Å². The summed E-state index contributed by atoms with van der Waals surface area (Å²) in [7, 11) is 0. The van der Waals surface area contributed by atoms with Crippen LogP contribution in [0.3, 0.4) is 0 Å². The van der Waals surface area contributed by atoms with E-state index in [0.717, 1.165) is 12.2 Å². The minimum absolute atomic E-state index is 0. The molecule has 1 heterocycles. The summed E-state index contributed by atoms with van der Waals surface area (Å²) in [6, 6.07) is 0. The van der Waals surface area contributed by atoms with Crippen LogP contribution in [0.1, 0.15) is 14.9 Å². The molecule has 1 rings (SSSR count). The van der Waals surface area contributed by atoms with Gasteiger partial charge in [-0.1, -0.05) is 14.9 Å². The molecule has 0 aromatic heterocycles. The molecule has 13 heavy (non-hydrogen) atoms. The van der Waals surface area contributed by atoms with Gasteiger partial charge in [-0.3, -0.25) is 19.3 Å². The minimum Gasteiger partial charge on any atom is -0.480 e. The third kappa shape index (κ3) is 3.06. The molecule has 0 bridgehead atoms. The predicted molar refractivity (Wildman–Crippen MR) is 47.0 cm³/mol. The number of nitrogens with zero attached hydrogens (tertiary/aromatic N) is 1. The summed E-state index contributed by atoms with van der Waals surface area (Å²) in [5.74, 6) is -2.34. The average molecular weight is 187 g/mol. The van der Waals surface area contributed by atoms with Gasteiger partial charge >= 0.3 is 5.97 Å². The molecule has 0 atom stereocenters. The lowest BCUT2D eigenvalue weighted by Crippen LogP contribution is -2.34. The molecule has 0 spiro atoms. The molecular formula is C8H13NO4. The van der Waals surface area contributed by atoms with E-state index in [-0.39, 0.29) is 14.9 Å². The standard InChI is InChI=1S/C6H5NO4.2CH4/c8-4-1-2-5(9)7(4)3-6(10)11;;/h1-2H,3H2,(H,10,11);2*1H4. The van der Waals surface area contributed by atoms with Crippen molar-refractivity contribution in [3.63, 3.8) is 0 Å². The van der Waals surface area contributed by atoms with E-state index in [2.05, 4.69) is 0 Å². The van der Waals surface area contributed by atoms with Gasteiger partial charge in [0, 0.05) is 12.2 Å². The average Bonchev–Trinajstić information content (AvgIpc) is 2.18. The van der Waals surface area contributed by atoms with Gasteiger partial charge in [0.1, 0.15) is 6.54 Å². The number of carbonyl (C=O) groups excluding carboxylic acids is 2. The second kappa shape index (κ2) is 5.08. The van der Waals surface area contributed by atoms with Gasteiger partial charge in [0.2, 0.25) is 0 Å². The fraction of sp³-hybridized carbons (Fsp3) is 0.375. The molecule has 1 N–H and O–H groups in total. The van der Waals surface area contributed by atoms with Crippen LogP contribution in [0.5, 0.6) is 0 Å². The topological polar surface area (TPSA) is 74.7 Å². The third-order valence-electron chi connectivity index (χ3n) is 1.19. The van der Waals surface area contributed by atoms with Crippen molar-refractivity contribution in [1.29, 1.82) is 0 Å². The van der Waals surface area contributed by atoms with Gasteiger partial charge in [-0.15, -0.1) is 0 Å². The molecule has 0 radical (unpaired) electrons. The van der Waals surface area contributed by atoms with E-state index in [0.29, 0.717) is 4.90 Å². The van der Waals surface area contributed by atoms with Gasteiger partial charge in [0.05, 0.1) is 0 Å². The fourth-order valence-electron chi connectivity index (χ4n) is 0.722. The molecule has 0 aromatic carbocycles. The van der Waals surface area contributed by atoms with E-state index in [1.165, 1.54) is 0 Å². The number of amides is 2. The second-order valence-corrected chi connectivity index (χ2v) is 1.99. The van der Waals surface area contributed by atoms with Gasteiger partial charge in [0.25, 0.3) is 11.8 Å². The highest BCUT2D eigenvalue weighted by molar-refractivity contribution is 6.14. The molecule has 5 heteroatoms. The quantitative estimate of drug-likeness (QED) is 0.629. The Morgan fingerprint density at radius 2 is 1.62 bits per heavy atom. The first kappa shape index (κ1) is 13.9. The maximum Gasteiger partial charge on any atom is 0.323 e. The Kier molecular flexibility index (Phi) is 5.43. The van der Waals surface area contributed by atoms with Crippen molar-refractivity contribution in [1.82, 2.24) is 4.90 Å². The molecule has 1 aliphatic rings. The smallest absolute Gasteiger partial charge is 0.323 e. The van der Waals surface area contributed by atoms with Gasteiger partial charge < -0.3 is 5.11 Å². The van der Waals surface area contributed by atoms with Crippen LogP contribution in [0.4, 0.5) is 0 Å². The molecule has 0 aromatic rings. The number of hydrogen-bond acceptors (Lipinski definition) is 3. The number of carbonyl (C=O) groups is 3. The molecule has 0 saturated carbocycles. The van der Waals surface area contributed by atoms with Crippen molar-refractivity contribution in [3.8, 4) is 0 Å². The maximum absolute atomic E-state index is 10.7. The summed E-state index contributed by atoms with van der Waals surface area (Å²) >= 11 is 0. The van der Waals surface area contributed by atoms with E-state index in [9.17, 15) is 14.4 Å². The van der Waals surface area contributed by atoms with Crippen molar-refractivity contribution in [2.24, 2.45) is 0 Å². The zero-order chi connectivity index (χ0) is 8.43. The second-order valence-electron chi connectivity index (χ2n) is 1.99. The highest BCUT2D eigenvalue weighted by Gasteiger charge is 2.24. The normalized spacial score (nSPS) is 13.7. The summed E-state index contributed by atoms with van der Waals surface area (Å²) in [5, 5.41) is 8.24. The van der Waals surface area contributed by atoms with E-state index in [1.807, 2.05) is 0 Å². The summed E-state index contributed by atoms with van der Waals surface area (Å²) in [6.45, 7) is -0.565. The van der Waals surface area contributed by atoms with E-state index in [4.69, 9.17) is 5.11 Å². The van der Waals surface area contributed by atoms with Crippen molar-refractivity contribution in [2.75, 3.05) is 6.54 Å². The van der Waals surface area contributed by atoms with Crippen LogP contribution in [-0.4, -0.2) is 34.3 Å². The van der Waals surface area contributed by atoms with Crippen molar-refractivity contribution in [2.45, 2.75) is 14.9 Å². The number of rotatable bonds is 2. The minimum atomic E-state index is -1.20. The summed E-state index contributed by atoms with van der Waals surface area (Å²) in [6.07, 6.45) is 2.09. The van der Waals surface area contributed by atoms with E-state index >= 15 is 0 Å². The van der Waals surface area contributed by atoms with E-state index in [1.54, 1.807) is 0 Å². The molecule has 0 saturated heterocycles. The molecule has 0 unspecified atom stereocenters. The number of hydrogen-bond donors (Lipinski definition) is 1. The Hall–Kier alpha value is -1.65. The number of imide groups is 1. The first-order valence-electron chi connectivity index (χ1n) is 2.86. The maximum atomic E-state index is 10.7. The SMILES string of the molecule is C.C.O=C(O)CN1C(=O)C=CC1=O. The van der Waals surface area contributed by atoms with Crippen molar-refractivity contribution >= 4 is 17.8 Å². The molecule has 5 nitrogen and oxygen atoms in total. The zero-order valence-electron chi connectivity index (χ0n) is 5.48.